The fourth-order valence-corrected chi connectivity index (χ4v) is 2.97. The number of hydrogen-bond acceptors (Lipinski definition) is 4. The number of carbonyl (C=O) groups is 1. The Bertz CT molecular complexity index is 528. The van der Waals surface area contributed by atoms with E-state index in [0.29, 0.717) is 42.7 Å². The number of piperidine rings is 1. The van der Waals surface area contributed by atoms with Gasteiger partial charge in [-0.2, -0.15) is 0 Å². The highest BCUT2D eigenvalue weighted by atomic mass is 16.5. The molecule has 0 saturated carbocycles. The topological polar surface area (TPSA) is 59.6 Å². The molecule has 1 amide bonds. The molecule has 5 heteroatoms. The second kappa shape index (κ2) is 11.0. The third kappa shape index (κ3) is 6.58. The number of carbonyl (C=O) groups excluding carboxylic acids is 1. The summed E-state index contributed by atoms with van der Waals surface area (Å²) in [6.45, 7) is 8.28. The van der Waals surface area contributed by atoms with Crippen molar-refractivity contribution >= 4 is 5.91 Å². The largest absolute Gasteiger partial charge is 0.490 e. The Morgan fingerprint density at radius 3 is 2.64 bits per heavy atom. The van der Waals surface area contributed by atoms with Gasteiger partial charge in [-0.05, 0) is 69.3 Å². The minimum absolute atomic E-state index is 0.0489. The predicted molar refractivity (Wildman–Crippen MR) is 101 cm³/mol. The third-order valence-corrected chi connectivity index (χ3v) is 4.37. The van der Waals surface area contributed by atoms with Gasteiger partial charge in [0.1, 0.15) is 0 Å². The summed E-state index contributed by atoms with van der Waals surface area (Å²) in [7, 11) is 0. The molecule has 0 aromatic heterocycles. The lowest BCUT2D eigenvalue weighted by Gasteiger charge is -2.22. The van der Waals surface area contributed by atoms with Gasteiger partial charge in [0.15, 0.2) is 11.5 Å². The summed E-state index contributed by atoms with van der Waals surface area (Å²) in [4.78, 5) is 12.4. The van der Waals surface area contributed by atoms with E-state index in [9.17, 15) is 4.79 Å². The van der Waals surface area contributed by atoms with Gasteiger partial charge in [-0.3, -0.25) is 4.79 Å². The van der Waals surface area contributed by atoms with E-state index in [0.717, 1.165) is 32.4 Å². The van der Waals surface area contributed by atoms with Crippen LogP contribution in [0.1, 0.15) is 56.3 Å². The van der Waals surface area contributed by atoms with Crippen molar-refractivity contribution in [2.24, 2.45) is 5.92 Å². The number of amides is 1. The smallest absolute Gasteiger partial charge is 0.251 e. The van der Waals surface area contributed by atoms with Crippen LogP contribution in [0, 0.1) is 5.92 Å². The Hall–Kier alpha value is -1.75. The molecule has 1 aliphatic heterocycles. The lowest BCUT2D eigenvalue weighted by Crippen LogP contribution is -2.33. The van der Waals surface area contributed by atoms with Crippen LogP contribution in [0.4, 0.5) is 0 Å². The molecule has 1 aromatic rings. The molecule has 1 saturated heterocycles. The lowest BCUT2D eigenvalue weighted by atomic mass is 9.96. The normalized spacial score (nSPS) is 17.1. The first-order valence-electron chi connectivity index (χ1n) is 9.63. The van der Waals surface area contributed by atoms with Gasteiger partial charge in [0, 0.05) is 12.1 Å². The van der Waals surface area contributed by atoms with E-state index >= 15 is 0 Å². The number of rotatable bonds is 10. The molecule has 0 bridgehead atoms. The molecule has 1 unspecified atom stereocenters. The number of benzene rings is 1. The average Bonchev–Trinajstić information content (AvgIpc) is 2.65. The number of ether oxygens (including phenoxy) is 2. The molecule has 0 spiro atoms. The Morgan fingerprint density at radius 1 is 1.20 bits per heavy atom. The van der Waals surface area contributed by atoms with Crippen molar-refractivity contribution in [3.8, 4) is 11.5 Å². The van der Waals surface area contributed by atoms with E-state index in [2.05, 4.69) is 24.5 Å². The molecule has 140 valence electrons. The van der Waals surface area contributed by atoms with Crippen LogP contribution in [0.5, 0.6) is 11.5 Å². The zero-order valence-electron chi connectivity index (χ0n) is 15.6. The lowest BCUT2D eigenvalue weighted by molar-refractivity contribution is 0.0950. The molecule has 1 aromatic carbocycles. The van der Waals surface area contributed by atoms with Gasteiger partial charge in [-0.25, -0.2) is 0 Å². The molecular formula is C20H32N2O3. The van der Waals surface area contributed by atoms with Crippen molar-refractivity contribution < 1.29 is 14.3 Å². The first-order chi connectivity index (χ1) is 12.2. The second-order valence-corrected chi connectivity index (χ2v) is 6.62. The van der Waals surface area contributed by atoms with Gasteiger partial charge in [-0.1, -0.05) is 13.8 Å². The summed E-state index contributed by atoms with van der Waals surface area (Å²) < 4.78 is 11.5. The molecule has 2 rings (SSSR count). The van der Waals surface area contributed by atoms with E-state index < -0.39 is 0 Å². The predicted octanol–water partition coefficient (Wildman–Crippen LogP) is 3.38. The maximum atomic E-state index is 12.4. The first kappa shape index (κ1) is 19.6. The van der Waals surface area contributed by atoms with Crippen molar-refractivity contribution in [3.05, 3.63) is 23.8 Å². The van der Waals surface area contributed by atoms with Crippen LogP contribution in [0.15, 0.2) is 18.2 Å². The highest BCUT2D eigenvalue weighted by Gasteiger charge is 2.15. The fourth-order valence-electron chi connectivity index (χ4n) is 2.97. The van der Waals surface area contributed by atoms with Gasteiger partial charge < -0.3 is 20.1 Å². The van der Waals surface area contributed by atoms with Gasteiger partial charge in [0.05, 0.1) is 13.2 Å². The third-order valence-electron chi connectivity index (χ3n) is 4.37. The van der Waals surface area contributed by atoms with Crippen LogP contribution in [-0.2, 0) is 0 Å². The van der Waals surface area contributed by atoms with Crippen molar-refractivity contribution in [3.63, 3.8) is 0 Å². The summed E-state index contributed by atoms with van der Waals surface area (Å²) in [5, 5.41) is 6.44. The Balaban J connectivity index is 1.90. The Kier molecular flexibility index (Phi) is 8.60. The van der Waals surface area contributed by atoms with Crippen molar-refractivity contribution in [1.29, 1.82) is 0 Å². The van der Waals surface area contributed by atoms with Crippen LogP contribution in [0.3, 0.4) is 0 Å². The van der Waals surface area contributed by atoms with E-state index in [1.54, 1.807) is 12.1 Å². The van der Waals surface area contributed by atoms with Gasteiger partial charge in [-0.15, -0.1) is 0 Å². The highest BCUT2D eigenvalue weighted by Crippen LogP contribution is 2.29. The van der Waals surface area contributed by atoms with Crippen molar-refractivity contribution in [1.82, 2.24) is 10.6 Å². The molecule has 1 fully saturated rings. The van der Waals surface area contributed by atoms with Crippen LogP contribution in [0.2, 0.25) is 0 Å². The molecule has 1 atom stereocenters. The zero-order valence-corrected chi connectivity index (χ0v) is 15.6. The summed E-state index contributed by atoms with van der Waals surface area (Å²) in [5.41, 5.74) is 0.622. The van der Waals surface area contributed by atoms with Crippen LogP contribution in [0.25, 0.3) is 0 Å². The summed E-state index contributed by atoms with van der Waals surface area (Å²) in [5.74, 6) is 1.98. The highest BCUT2D eigenvalue weighted by molar-refractivity contribution is 5.94. The van der Waals surface area contributed by atoms with Crippen LogP contribution >= 0.6 is 0 Å². The first-order valence-corrected chi connectivity index (χ1v) is 9.63. The van der Waals surface area contributed by atoms with Crippen LogP contribution < -0.4 is 20.1 Å². The summed E-state index contributed by atoms with van der Waals surface area (Å²) in [6, 6.07) is 5.43. The summed E-state index contributed by atoms with van der Waals surface area (Å²) >= 11 is 0. The quantitative estimate of drug-likeness (QED) is 0.680. The molecule has 25 heavy (non-hydrogen) atoms. The molecule has 0 radical (unpaired) electrons. The molecule has 5 nitrogen and oxygen atoms in total. The number of nitrogens with one attached hydrogen (secondary N) is 2. The molecule has 0 aliphatic carbocycles. The zero-order chi connectivity index (χ0) is 17.9. The second-order valence-electron chi connectivity index (χ2n) is 6.62. The van der Waals surface area contributed by atoms with Gasteiger partial charge >= 0.3 is 0 Å². The SMILES string of the molecule is CCCOc1ccc(C(=O)NCCC2CCCNC2)cc1OCCC. The van der Waals surface area contributed by atoms with Crippen molar-refractivity contribution in [2.75, 3.05) is 32.8 Å². The average molecular weight is 348 g/mol. The maximum Gasteiger partial charge on any atom is 0.251 e. The van der Waals surface area contributed by atoms with E-state index in [1.165, 1.54) is 12.8 Å². The molecule has 2 N–H and O–H groups in total. The summed E-state index contributed by atoms with van der Waals surface area (Å²) in [6.07, 6.45) is 5.36. The standard InChI is InChI=1S/C20H32N2O3/c1-3-12-24-18-8-7-17(14-19(18)25-13-4-2)20(23)22-11-9-16-6-5-10-21-15-16/h7-8,14,16,21H,3-6,9-13,15H2,1-2H3,(H,22,23). The molecular weight excluding hydrogens is 316 g/mol. The minimum atomic E-state index is -0.0489. The monoisotopic (exact) mass is 348 g/mol. The van der Waals surface area contributed by atoms with E-state index in [4.69, 9.17) is 9.47 Å². The Morgan fingerprint density at radius 2 is 1.96 bits per heavy atom. The van der Waals surface area contributed by atoms with Gasteiger partial charge in [0.2, 0.25) is 0 Å². The molecule has 1 aliphatic rings. The van der Waals surface area contributed by atoms with E-state index in [1.807, 2.05) is 6.07 Å². The maximum absolute atomic E-state index is 12.4. The Labute approximate surface area is 151 Å². The molecule has 1 heterocycles. The van der Waals surface area contributed by atoms with Crippen molar-refractivity contribution in [2.45, 2.75) is 46.0 Å². The van der Waals surface area contributed by atoms with E-state index in [-0.39, 0.29) is 5.91 Å². The minimum Gasteiger partial charge on any atom is -0.490 e. The van der Waals surface area contributed by atoms with Gasteiger partial charge in [0.25, 0.3) is 5.91 Å². The number of hydrogen-bond donors (Lipinski definition) is 2. The van der Waals surface area contributed by atoms with Crippen LogP contribution in [-0.4, -0.2) is 38.8 Å². The fraction of sp³-hybridized carbons (Fsp3) is 0.650.